The standard InChI is InChI=1S/C17H27N3O/c1-19(2)11-12-20(16-9-4-3-5-10-16)17(21)14-7-6-8-15(18)13-14/h3-5,9-10,14-15H,6-8,11-13,18H2,1-2H3. The van der Waals surface area contributed by atoms with Crippen LogP contribution in [0.15, 0.2) is 30.3 Å². The van der Waals surface area contributed by atoms with E-state index in [9.17, 15) is 4.79 Å². The van der Waals surface area contributed by atoms with Gasteiger partial charge < -0.3 is 15.5 Å². The predicted molar refractivity (Wildman–Crippen MR) is 87.3 cm³/mol. The van der Waals surface area contributed by atoms with Crippen molar-refractivity contribution < 1.29 is 4.79 Å². The number of carbonyl (C=O) groups is 1. The van der Waals surface area contributed by atoms with Crippen LogP contribution in [0.5, 0.6) is 0 Å². The molecule has 0 spiro atoms. The van der Waals surface area contributed by atoms with Crippen LogP contribution in [0.4, 0.5) is 5.69 Å². The number of benzene rings is 1. The number of rotatable bonds is 5. The number of nitrogens with zero attached hydrogens (tertiary/aromatic N) is 2. The maximum Gasteiger partial charge on any atom is 0.230 e. The highest BCUT2D eigenvalue weighted by Gasteiger charge is 2.29. The van der Waals surface area contributed by atoms with Crippen molar-refractivity contribution in [2.45, 2.75) is 31.7 Å². The van der Waals surface area contributed by atoms with Gasteiger partial charge in [-0.1, -0.05) is 24.6 Å². The molecule has 2 unspecified atom stereocenters. The second kappa shape index (κ2) is 7.57. The lowest BCUT2D eigenvalue weighted by Gasteiger charge is -2.32. The Balaban J connectivity index is 2.12. The van der Waals surface area contributed by atoms with Crippen LogP contribution in [-0.2, 0) is 4.79 Å². The summed E-state index contributed by atoms with van der Waals surface area (Å²) in [4.78, 5) is 16.9. The number of hydrogen-bond acceptors (Lipinski definition) is 3. The zero-order valence-corrected chi connectivity index (χ0v) is 13.2. The van der Waals surface area contributed by atoms with Gasteiger partial charge in [0.2, 0.25) is 5.91 Å². The fraction of sp³-hybridized carbons (Fsp3) is 0.588. The quantitative estimate of drug-likeness (QED) is 0.903. The van der Waals surface area contributed by atoms with Gasteiger partial charge in [0.05, 0.1) is 0 Å². The Bertz CT molecular complexity index is 447. The molecule has 2 rings (SSSR count). The molecule has 0 heterocycles. The Morgan fingerprint density at radius 3 is 2.52 bits per heavy atom. The first kappa shape index (κ1) is 16.0. The van der Waals surface area contributed by atoms with Gasteiger partial charge in [0.15, 0.2) is 0 Å². The van der Waals surface area contributed by atoms with Gasteiger partial charge in [-0.3, -0.25) is 4.79 Å². The maximum absolute atomic E-state index is 12.9. The molecule has 0 aliphatic heterocycles. The van der Waals surface area contributed by atoms with E-state index < -0.39 is 0 Å². The van der Waals surface area contributed by atoms with E-state index in [1.807, 2.05) is 49.3 Å². The lowest BCUT2D eigenvalue weighted by atomic mass is 9.85. The molecular formula is C17H27N3O. The van der Waals surface area contributed by atoms with E-state index in [4.69, 9.17) is 5.73 Å². The number of likely N-dealkylation sites (N-methyl/N-ethyl adjacent to an activating group) is 1. The summed E-state index contributed by atoms with van der Waals surface area (Å²) in [6, 6.07) is 10.1. The third-order valence-corrected chi connectivity index (χ3v) is 4.17. The van der Waals surface area contributed by atoms with Crippen LogP contribution < -0.4 is 10.6 Å². The fourth-order valence-corrected chi connectivity index (χ4v) is 2.95. The lowest BCUT2D eigenvalue weighted by Crippen LogP contribution is -2.43. The Hall–Kier alpha value is -1.39. The van der Waals surface area contributed by atoms with Crippen LogP contribution in [0.1, 0.15) is 25.7 Å². The lowest BCUT2D eigenvalue weighted by molar-refractivity contribution is -0.123. The van der Waals surface area contributed by atoms with Crippen molar-refractivity contribution in [3.63, 3.8) is 0 Å². The summed E-state index contributed by atoms with van der Waals surface area (Å²) in [5.74, 6) is 0.314. The summed E-state index contributed by atoms with van der Waals surface area (Å²) in [7, 11) is 4.06. The molecular weight excluding hydrogens is 262 g/mol. The SMILES string of the molecule is CN(C)CCN(C(=O)C1CCCC(N)C1)c1ccccc1. The highest BCUT2D eigenvalue weighted by Crippen LogP contribution is 2.27. The zero-order chi connectivity index (χ0) is 15.2. The molecule has 1 saturated carbocycles. The molecule has 0 bridgehead atoms. The van der Waals surface area contributed by atoms with E-state index in [0.717, 1.165) is 44.5 Å². The largest absolute Gasteiger partial charge is 0.328 e. The van der Waals surface area contributed by atoms with E-state index in [1.165, 1.54) is 0 Å². The summed E-state index contributed by atoms with van der Waals surface area (Å²) in [5.41, 5.74) is 7.03. The van der Waals surface area contributed by atoms with Gasteiger partial charge in [0.25, 0.3) is 0 Å². The summed E-state index contributed by atoms with van der Waals surface area (Å²) in [6.45, 7) is 1.58. The first-order valence-electron chi connectivity index (χ1n) is 7.84. The van der Waals surface area contributed by atoms with Gasteiger partial charge in [-0.15, -0.1) is 0 Å². The minimum absolute atomic E-state index is 0.0797. The monoisotopic (exact) mass is 289 g/mol. The molecule has 116 valence electrons. The average Bonchev–Trinajstić information content (AvgIpc) is 2.48. The number of hydrogen-bond donors (Lipinski definition) is 1. The number of nitrogens with two attached hydrogens (primary N) is 1. The topological polar surface area (TPSA) is 49.6 Å². The Morgan fingerprint density at radius 2 is 1.90 bits per heavy atom. The van der Waals surface area contributed by atoms with Crippen molar-refractivity contribution in [1.29, 1.82) is 0 Å². The highest BCUT2D eigenvalue weighted by atomic mass is 16.2. The van der Waals surface area contributed by atoms with Gasteiger partial charge in [-0.25, -0.2) is 0 Å². The molecule has 1 fully saturated rings. The van der Waals surface area contributed by atoms with E-state index in [-0.39, 0.29) is 17.9 Å². The number of amides is 1. The molecule has 4 heteroatoms. The van der Waals surface area contributed by atoms with E-state index >= 15 is 0 Å². The summed E-state index contributed by atoms with van der Waals surface area (Å²) >= 11 is 0. The van der Waals surface area contributed by atoms with Crippen LogP contribution in [0, 0.1) is 5.92 Å². The molecule has 2 atom stereocenters. The second-order valence-corrected chi connectivity index (χ2v) is 6.25. The van der Waals surface area contributed by atoms with Gasteiger partial charge >= 0.3 is 0 Å². The summed E-state index contributed by atoms with van der Waals surface area (Å²) < 4.78 is 0. The van der Waals surface area contributed by atoms with E-state index in [0.29, 0.717) is 0 Å². The van der Waals surface area contributed by atoms with Crippen LogP contribution in [-0.4, -0.2) is 44.0 Å². The van der Waals surface area contributed by atoms with Crippen molar-refractivity contribution in [1.82, 2.24) is 4.90 Å². The first-order valence-corrected chi connectivity index (χ1v) is 7.84. The van der Waals surface area contributed by atoms with Crippen molar-refractivity contribution in [2.24, 2.45) is 11.7 Å². The predicted octanol–water partition coefficient (Wildman–Crippen LogP) is 2.10. The van der Waals surface area contributed by atoms with Crippen molar-refractivity contribution in [3.8, 4) is 0 Å². The molecule has 4 nitrogen and oxygen atoms in total. The normalized spacial score (nSPS) is 22.3. The van der Waals surface area contributed by atoms with E-state index in [2.05, 4.69) is 4.90 Å². The van der Waals surface area contributed by atoms with Gasteiger partial charge in [0.1, 0.15) is 0 Å². The minimum Gasteiger partial charge on any atom is -0.328 e. The second-order valence-electron chi connectivity index (χ2n) is 6.25. The van der Waals surface area contributed by atoms with Gasteiger partial charge in [-0.2, -0.15) is 0 Å². The molecule has 2 N–H and O–H groups in total. The molecule has 0 radical (unpaired) electrons. The molecule has 1 aliphatic carbocycles. The highest BCUT2D eigenvalue weighted by molar-refractivity contribution is 5.95. The summed E-state index contributed by atoms with van der Waals surface area (Å²) in [5, 5.41) is 0. The van der Waals surface area contributed by atoms with Crippen LogP contribution in [0.25, 0.3) is 0 Å². The first-order chi connectivity index (χ1) is 10.1. The molecule has 1 aliphatic rings. The third kappa shape index (κ3) is 4.55. The van der Waals surface area contributed by atoms with Gasteiger partial charge in [-0.05, 0) is 45.5 Å². The molecule has 21 heavy (non-hydrogen) atoms. The molecule has 1 aromatic carbocycles. The van der Waals surface area contributed by atoms with Crippen molar-refractivity contribution >= 4 is 11.6 Å². The molecule has 0 saturated heterocycles. The van der Waals surface area contributed by atoms with Crippen molar-refractivity contribution in [2.75, 3.05) is 32.1 Å². The van der Waals surface area contributed by atoms with E-state index in [1.54, 1.807) is 0 Å². The summed E-state index contributed by atoms with van der Waals surface area (Å²) in [6.07, 6.45) is 3.91. The molecule has 0 aromatic heterocycles. The minimum atomic E-state index is 0.0797. The van der Waals surface area contributed by atoms with Gasteiger partial charge in [0, 0.05) is 30.7 Å². The Kier molecular flexibility index (Phi) is 5.76. The molecule has 1 amide bonds. The maximum atomic E-state index is 12.9. The van der Waals surface area contributed by atoms with Crippen LogP contribution in [0.3, 0.4) is 0 Å². The Labute approximate surface area is 127 Å². The van der Waals surface area contributed by atoms with Crippen LogP contribution in [0.2, 0.25) is 0 Å². The fourth-order valence-electron chi connectivity index (χ4n) is 2.95. The number of anilines is 1. The third-order valence-electron chi connectivity index (χ3n) is 4.17. The average molecular weight is 289 g/mol. The smallest absolute Gasteiger partial charge is 0.230 e. The van der Waals surface area contributed by atoms with Crippen molar-refractivity contribution in [3.05, 3.63) is 30.3 Å². The number of carbonyl (C=O) groups excluding carboxylic acids is 1. The van der Waals surface area contributed by atoms with Crippen LogP contribution >= 0.6 is 0 Å². The zero-order valence-electron chi connectivity index (χ0n) is 13.2. The Morgan fingerprint density at radius 1 is 1.19 bits per heavy atom. The number of para-hydroxylation sites is 1. The molecule has 1 aromatic rings.